The molecule has 0 unspecified atom stereocenters. The van der Waals surface area contributed by atoms with Crippen LogP contribution >= 0.6 is 0 Å². The fraction of sp³-hybridized carbons (Fsp3) is 0.238. The zero-order valence-corrected chi connectivity index (χ0v) is 15.7. The van der Waals surface area contributed by atoms with Gasteiger partial charge in [-0.1, -0.05) is 18.2 Å². The summed E-state index contributed by atoms with van der Waals surface area (Å²) in [5.74, 6) is 0.151. The van der Waals surface area contributed by atoms with Gasteiger partial charge in [-0.15, -0.1) is 10.2 Å². The van der Waals surface area contributed by atoms with Crippen molar-refractivity contribution in [1.29, 1.82) is 0 Å². The van der Waals surface area contributed by atoms with Crippen LogP contribution in [0.1, 0.15) is 21.6 Å². The first-order valence-corrected chi connectivity index (χ1v) is 9.09. The lowest BCUT2D eigenvalue weighted by atomic mass is 10.1. The summed E-state index contributed by atoms with van der Waals surface area (Å²) in [6.45, 7) is 1.10. The van der Waals surface area contributed by atoms with Gasteiger partial charge < -0.3 is 10.2 Å². The van der Waals surface area contributed by atoms with Gasteiger partial charge in [0.25, 0.3) is 5.91 Å². The summed E-state index contributed by atoms with van der Waals surface area (Å²) in [4.78, 5) is 18.1. The molecule has 2 heterocycles. The SMILES string of the molecule is CN(CCc1ccncc1)C(=O)c1ccc(NCCc2ccccc2F)nn1. The molecule has 2 aromatic heterocycles. The van der Waals surface area contributed by atoms with Gasteiger partial charge in [0.05, 0.1) is 0 Å². The molecule has 0 atom stereocenters. The first-order chi connectivity index (χ1) is 13.6. The van der Waals surface area contributed by atoms with Crippen LogP contribution in [0.25, 0.3) is 0 Å². The molecule has 0 spiro atoms. The van der Waals surface area contributed by atoms with E-state index in [4.69, 9.17) is 0 Å². The second kappa shape index (κ2) is 9.55. The predicted octanol–water partition coefficient (Wildman–Crippen LogP) is 2.98. The van der Waals surface area contributed by atoms with Crippen molar-refractivity contribution in [3.8, 4) is 0 Å². The van der Waals surface area contributed by atoms with Crippen molar-refractivity contribution in [3.05, 3.63) is 83.6 Å². The molecule has 0 aliphatic carbocycles. The second-order valence-electron chi connectivity index (χ2n) is 6.40. The third kappa shape index (κ3) is 5.33. The molecule has 0 radical (unpaired) electrons. The smallest absolute Gasteiger partial charge is 0.274 e. The first kappa shape index (κ1) is 19.4. The van der Waals surface area contributed by atoms with Crippen LogP contribution in [0.2, 0.25) is 0 Å². The van der Waals surface area contributed by atoms with E-state index in [1.807, 2.05) is 18.2 Å². The fourth-order valence-corrected chi connectivity index (χ4v) is 2.71. The van der Waals surface area contributed by atoms with E-state index < -0.39 is 0 Å². The number of nitrogens with zero attached hydrogens (tertiary/aromatic N) is 4. The molecule has 3 rings (SSSR count). The summed E-state index contributed by atoms with van der Waals surface area (Å²) < 4.78 is 13.6. The van der Waals surface area contributed by atoms with Crippen molar-refractivity contribution in [3.63, 3.8) is 0 Å². The van der Waals surface area contributed by atoms with Gasteiger partial charge in [0, 0.05) is 32.5 Å². The molecule has 1 amide bonds. The van der Waals surface area contributed by atoms with Gasteiger partial charge >= 0.3 is 0 Å². The van der Waals surface area contributed by atoms with Crippen molar-refractivity contribution in [2.24, 2.45) is 0 Å². The Balaban J connectivity index is 1.49. The van der Waals surface area contributed by atoms with Crippen molar-refractivity contribution in [2.75, 3.05) is 25.5 Å². The lowest BCUT2D eigenvalue weighted by Gasteiger charge is -2.16. The standard InChI is InChI=1S/C21H22FN5O/c1-27(15-11-16-8-12-23-13-9-16)21(28)19-6-7-20(26-25-19)24-14-10-17-4-2-3-5-18(17)22/h2-9,12-13H,10-11,14-15H2,1H3,(H,24,26). The quantitative estimate of drug-likeness (QED) is 0.652. The number of hydrogen-bond donors (Lipinski definition) is 1. The minimum Gasteiger partial charge on any atom is -0.368 e. The Morgan fingerprint density at radius 3 is 2.54 bits per heavy atom. The zero-order valence-electron chi connectivity index (χ0n) is 15.7. The zero-order chi connectivity index (χ0) is 19.8. The van der Waals surface area contributed by atoms with E-state index in [-0.39, 0.29) is 17.4 Å². The van der Waals surface area contributed by atoms with E-state index in [1.165, 1.54) is 6.07 Å². The molecule has 0 aliphatic heterocycles. The lowest BCUT2D eigenvalue weighted by Crippen LogP contribution is -2.29. The number of carbonyl (C=O) groups excluding carboxylic acids is 1. The topological polar surface area (TPSA) is 71.0 Å². The third-order valence-corrected chi connectivity index (χ3v) is 4.37. The molecular weight excluding hydrogens is 357 g/mol. The van der Waals surface area contributed by atoms with E-state index >= 15 is 0 Å². The van der Waals surface area contributed by atoms with E-state index in [2.05, 4.69) is 20.5 Å². The Kier molecular flexibility index (Phi) is 6.62. The van der Waals surface area contributed by atoms with Crippen LogP contribution in [0.4, 0.5) is 10.2 Å². The summed E-state index contributed by atoms with van der Waals surface area (Å²) in [5.41, 5.74) is 2.05. The Labute approximate surface area is 163 Å². The predicted molar refractivity (Wildman–Crippen MR) is 106 cm³/mol. The molecule has 6 nitrogen and oxygen atoms in total. The number of benzene rings is 1. The number of amides is 1. The van der Waals surface area contributed by atoms with Crippen LogP contribution in [0, 0.1) is 5.82 Å². The maximum atomic E-state index is 13.6. The molecule has 0 bridgehead atoms. The summed E-state index contributed by atoms with van der Waals surface area (Å²) >= 11 is 0. The van der Waals surface area contributed by atoms with E-state index in [1.54, 1.807) is 48.6 Å². The van der Waals surface area contributed by atoms with E-state index in [0.29, 0.717) is 30.9 Å². The summed E-state index contributed by atoms with van der Waals surface area (Å²) in [7, 11) is 1.74. The normalized spacial score (nSPS) is 10.5. The first-order valence-electron chi connectivity index (χ1n) is 9.09. The number of anilines is 1. The molecule has 3 aromatic rings. The second-order valence-corrected chi connectivity index (χ2v) is 6.40. The number of nitrogens with one attached hydrogen (secondary N) is 1. The molecule has 1 aromatic carbocycles. The van der Waals surface area contributed by atoms with Crippen LogP contribution in [0.3, 0.4) is 0 Å². The summed E-state index contributed by atoms with van der Waals surface area (Å²) in [6.07, 6.45) is 4.75. The molecule has 0 saturated heterocycles. The minimum absolute atomic E-state index is 0.181. The van der Waals surface area contributed by atoms with E-state index in [9.17, 15) is 9.18 Å². The van der Waals surface area contributed by atoms with Gasteiger partial charge in [-0.3, -0.25) is 9.78 Å². The number of aromatic nitrogens is 3. The molecule has 144 valence electrons. The highest BCUT2D eigenvalue weighted by atomic mass is 19.1. The van der Waals surface area contributed by atoms with Gasteiger partial charge in [-0.25, -0.2) is 4.39 Å². The van der Waals surface area contributed by atoms with Gasteiger partial charge in [0.1, 0.15) is 11.6 Å². The Hall–Kier alpha value is -3.35. The Bertz CT molecular complexity index is 902. The fourth-order valence-electron chi connectivity index (χ4n) is 2.71. The van der Waals surface area contributed by atoms with Crippen molar-refractivity contribution < 1.29 is 9.18 Å². The molecule has 0 aliphatic rings. The van der Waals surface area contributed by atoms with Gasteiger partial charge in [-0.2, -0.15) is 0 Å². The third-order valence-electron chi connectivity index (χ3n) is 4.37. The highest BCUT2D eigenvalue weighted by molar-refractivity contribution is 5.92. The van der Waals surface area contributed by atoms with Crippen LogP contribution in [-0.4, -0.2) is 46.1 Å². The minimum atomic E-state index is -0.217. The van der Waals surface area contributed by atoms with Crippen molar-refractivity contribution in [1.82, 2.24) is 20.1 Å². The maximum Gasteiger partial charge on any atom is 0.274 e. The summed E-state index contributed by atoms with van der Waals surface area (Å²) in [6, 6.07) is 13.9. The van der Waals surface area contributed by atoms with Crippen LogP contribution in [0.5, 0.6) is 0 Å². The van der Waals surface area contributed by atoms with Crippen LogP contribution in [0.15, 0.2) is 60.9 Å². The van der Waals surface area contributed by atoms with Crippen LogP contribution in [-0.2, 0) is 12.8 Å². The highest BCUT2D eigenvalue weighted by Crippen LogP contribution is 2.09. The molecule has 7 heteroatoms. The molecule has 28 heavy (non-hydrogen) atoms. The number of likely N-dealkylation sites (N-methyl/N-ethyl adjacent to an activating group) is 1. The van der Waals surface area contributed by atoms with Gasteiger partial charge in [0.2, 0.25) is 0 Å². The monoisotopic (exact) mass is 379 g/mol. The molecule has 0 saturated carbocycles. The molecular formula is C21H22FN5O. The molecule has 1 N–H and O–H groups in total. The maximum absolute atomic E-state index is 13.6. The molecule has 0 fully saturated rings. The highest BCUT2D eigenvalue weighted by Gasteiger charge is 2.13. The number of carbonyl (C=O) groups is 1. The largest absolute Gasteiger partial charge is 0.368 e. The number of rotatable bonds is 8. The Morgan fingerprint density at radius 1 is 1.04 bits per heavy atom. The Morgan fingerprint density at radius 2 is 1.82 bits per heavy atom. The van der Waals surface area contributed by atoms with Gasteiger partial charge in [-0.05, 0) is 54.3 Å². The van der Waals surface area contributed by atoms with Crippen molar-refractivity contribution >= 4 is 11.7 Å². The lowest BCUT2D eigenvalue weighted by molar-refractivity contribution is 0.0789. The van der Waals surface area contributed by atoms with Crippen LogP contribution < -0.4 is 5.32 Å². The number of hydrogen-bond acceptors (Lipinski definition) is 5. The van der Waals surface area contributed by atoms with Gasteiger partial charge in [0.15, 0.2) is 5.69 Å². The van der Waals surface area contributed by atoms with E-state index in [0.717, 1.165) is 12.0 Å². The number of halogens is 1. The van der Waals surface area contributed by atoms with Crippen molar-refractivity contribution in [2.45, 2.75) is 12.8 Å². The number of pyridine rings is 1. The average molecular weight is 379 g/mol. The summed E-state index contributed by atoms with van der Waals surface area (Å²) in [5, 5.41) is 11.1. The average Bonchev–Trinajstić information content (AvgIpc) is 2.74.